The van der Waals surface area contributed by atoms with Gasteiger partial charge >= 0.3 is 0 Å². The van der Waals surface area contributed by atoms with Crippen molar-refractivity contribution in [1.29, 1.82) is 0 Å². The lowest BCUT2D eigenvalue weighted by Crippen LogP contribution is -2.21. The summed E-state index contributed by atoms with van der Waals surface area (Å²) in [5, 5.41) is 2.94. The summed E-state index contributed by atoms with van der Waals surface area (Å²) in [4.78, 5) is 0. The number of rotatable bonds is 4. The predicted molar refractivity (Wildman–Crippen MR) is 60.7 cm³/mol. The molecule has 0 aliphatic rings. The average Bonchev–Trinajstić information content (AvgIpc) is 2.14. The Morgan fingerprint density at radius 3 is 2.40 bits per heavy atom. The number of nitrogens with one attached hydrogen (secondary N) is 1. The highest BCUT2D eigenvalue weighted by molar-refractivity contribution is 9.10. The van der Waals surface area contributed by atoms with Gasteiger partial charge in [-0.25, -0.2) is 8.78 Å². The zero-order chi connectivity index (χ0) is 11.4. The van der Waals surface area contributed by atoms with Crippen LogP contribution in [0.3, 0.4) is 0 Å². The molecule has 1 aromatic carbocycles. The first kappa shape index (κ1) is 12.3. The smallest absolute Gasteiger partial charge is 0.132 e. The molecule has 0 heterocycles. The van der Waals surface area contributed by atoms with E-state index in [4.69, 9.17) is 0 Å². The van der Waals surface area contributed by atoms with Gasteiger partial charge in [-0.05, 0) is 18.7 Å². The Kier molecular flexibility index (Phi) is 4.42. The summed E-state index contributed by atoms with van der Waals surface area (Å²) >= 11 is 3.03. The third-order valence-electron chi connectivity index (χ3n) is 2.01. The lowest BCUT2D eigenvalue weighted by Gasteiger charge is -2.15. The van der Waals surface area contributed by atoms with Gasteiger partial charge in [0, 0.05) is 10.0 Å². The van der Waals surface area contributed by atoms with Gasteiger partial charge in [0.1, 0.15) is 11.6 Å². The van der Waals surface area contributed by atoms with Gasteiger partial charge in [-0.2, -0.15) is 0 Å². The fourth-order valence-electron chi connectivity index (χ4n) is 1.37. The Morgan fingerprint density at radius 1 is 1.47 bits per heavy atom. The second-order valence-corrected chi connectivity index (χ2v) is 3.97. The van der Waals surface area contributed by atoms with Crippen molar-refractivity contribution in [1.82, 2.24) is 5.32 Å². The summed E-state index contributed by atoms with van der Waals surface area (Å²) in [5.41, 5.74) is 0.00931. The molecular formula is C11H12BrF2N. The molecule has 0 aliphatic carbocycles. The van der Waals surface area contributed by atoms with Crippen molar-refractivity contribution in [2.24, 2.45) is 0 Å². The summed E-state index contributed by atoms with van der Waals surface area (Å²) in [6.45, 7) is 6.04. The van der Waals surface area contributed by atoms with Crippen LogP contribution in [0.4, 0.5) is 8.78 Å². The Bertz CT molecular complexity index is 343. The minimum atomic E-state index is -0.576. The fourth-order valence-corrected chi connectivity index (χ4v) is 1.78. The highest BCUT2D eigenvalue weighted by Gasteiger charge is 2.17. The second-order valence-electron chi connectivity index (χ2n) is 3.05. The minimum Gasteiger partial charge on any atom is -0.307 e. The zero-order valence-corrected chi connectivity index (χ0v) is 9.94. The van der Waals surface area contributed by atoms with Crippen molar-refractivity contribution in [3.05, 3.63) is 46.5 Å². The first-order valence-electron chi connectivity index (χ1n) is 4.60. The molecule has 0 aromatic heterocycles. The summed E-state index contributed by atoms with van der Waals surface area (Å²) < 4.78 is 27.4. The Hall–Kier alpha value is -0.740. The molecule has 0 amide bonds. The van der Waals surface area contributed by atoms with Crippen LogP contribution in [0, 0.1) is 11.6 Å². The van der Waals surface area contributed by atoms with E-state index in [0.717, 1.165) is 0 Å². The highest BCUT2D eigenvalue weighted by atomic mass is 79.9. The number of likely N-dealkylation sites (N-methyl/N-ethyl adjacent to an activating group) is 1. The lowest BCUT2D eigenvalue weighted by atomic mass is 10.1. The first-order valence-corrected chi connectivity index (χ1v) is 5.39. The molecule has 1 N–H and O–H groups in total. The molecule has 1 unspecified atom stereocenters. The maximum Gasteiger partial charge on any atom is 0.132 e. The Balaban J connectivity index is 3.16. The van der Waals surface area contributed by atoms with E-state index in [-0.39, 0.29) is 5.56 Å². The molecule has 0 saturated heterocycles. The third kappa shape index (κ3) is 2.86. The second kappa shape index (κ2) is 5.37. The lowest BCUT2D eigenvalue weighted by molar-refractivity contribution is 0.515. The molecule has 82 valence electrons. The van der Waals surface area contributed by atoms with Gasteiger partial charge in [0.05, 0.1) is 6.04 Å². The molecule has 0 bridgehead atoms. The maximum atomic E-state index is 13.5. The molecule has 1 atom stereocenters. The van der Waals surface area contributed by atoms with Crippen LogP contribution in [0.2, 0.25) is 0 Å². The summed E-state index contributed by atoms with van der Waals surface area (Å²) in [6.07, 6.45) is 1.49. The van der Waals surface area contributed by atoms with Crippen LogP contribution in [0.25, 0.3) is 0 Å². The Labute approximate surface area is 96.3 Å². The molecule has 1 aromatic rings. The van der Waals surface area contributed by atoms with Crippen LogP contribution >= 0.6 is 15.9 Å². The predicted octanol–water partition coefficient (Wildman–Crippen LogP) is 3.56. The van der Waals surface area contributed by atoms with Gasteiger partial charge in [-0.3, -0.25) is 0 Å². The van der Waals surface area contributed by atoms with Crippen molar-refractivity contribution in [2.75, 3.05) is 6.54 Å². The average molecular weight is 276 g/mol. The molecule has 4 heteroatoms. The van der Waals surface area contributed by atoms with E-state index < -0.39 is 17.7 Å². The van der Waals surface area contributed by atoms with Gasteiger partial charge in [0.25, 0.3) is 0 Å². The van der Waals surface area contributed by atoms with Crippen LogP contribution in [0.15, 0.2) is 29.3 Å². The van der Waals surface area contributed by atoms with Crippen molar-refractivity contribution in [3.8, 4) is 0 Å². The van der Waals surface area contributed by atoms with E-state index in [1.165, 1.54) is 18.2 Å². The number of benzene rings is 1. The standard InChI is InChI=1S/C11H12BrF2N/c1-3-10(15-4-2)11-8(13)5-7(12)6-9(11)14/h3,5-6,10,15H,1,4H2,2H3. The molecule has 0 aliphatic heterocycles. The van der Waals surface area contributed by atoms with Crippen LogP contribution < -0.4 is 5.32 Å². The van der Waals surface area contributed by atoms with Crippen molar-refractivity contribution < 1.29 is 8.78 Å². The summed E-state index contributed by atoms with van der Waals surface area (Å²) in [7, 11) is 0. The largest absolute Gasteiger partial charge is 0.307 e. The molecule has 0 saturated carbocycles. The quantitative estimate of drug-likeness (QED) is 0.829. The third-order valence-corrected chi connectivity index (χ3v) is 2.47. The first-order chi connectivity index (χ1) is 7.10. The van der Waals surface area contributed by atoms with Gasteiger partial charge in [-0.1, -0.05) is 28.9 Å². The van der Waals surface area contributed by atoms with E-state index in [1.54, 1.807) is 0 Å². The van der Waals surface area contributed by atoms with Crippen LogP contribution in [-0.4, -0.2) is 6.54 Å². The number of hydrogen-bond acceptors (Lipinski definition) is 1. The summed E-state index contributed by atoms with van der Waals surface area (Å²) in [5.74, 6) is -1.15. The maximum absolute atomic E-state index is 13.5. The van der Waals surface area contributed by atoms with Gasteiger partial charge in [-0.15, -0.1) is 6.58 Å². The highest BCUT2D eigenvalue weighted by Crippen LogP contribution is 2.25. The van der Waals surface area contributed by atoms with E-state index in [0.29, 0.717) is 11.0 Å². The van der Waals surface area contributed by atoms with Crippen LogP contribution in [0.5, 0.6) is 0 Å². The van der Waals surface area contributed by atoms with E-state index in [9.17, 15) is 8.78 Å². The van der Waals surface area contributed by atoms with E-state index >= 15 is 0 Å². The topological polar surface area (TPSA) is 12.0 Å². The van der Waals surface area contributed by atoms with E-state index in [1.807, 2.05) is 6.92 Å². The minimum absolute atomic E-state index is 0.00931. The Morgan fingerprint density at radius 2 is 2.00 bits per heavy atom. The summed E-state index contributed by atoms with van der Waals surface area (Å²) in [6, 6.07) is 1.99. The number of halogens is 3. The van der Waals surface area contributed by atoms with Gasteiger partial charge < -0.3 is 5.32 Å². The molecule has 0 fully saturated rings. The van der Waals surface area contributed by atoms with Gasteiger partial charge in [0.2, 0.25) is 0 Å². The van der Waals surface area contributed by atoms with Crippen molar-refractivity contribution >= 4 is 15.9 Å². The monoisotopic (exact) mass is 275 g/mol. The van der Waals surface area contributed by atoms with Crippen LogP contribution in [-0.2, 0) is 0 Å². The van der Waals surface area contributed by atoms with Crippen LogP contribution in [0.1, 0.15) is 18.5 Å². The SMILES string of the molecule is C=CC(NCC)c1c(F)cc(Br)cc1F. The van der Waals surface area contributed by atoms with E-state index in [2.05, 4.69) is 27.8 Å². The zero-order valence-electron chi connectivity index (χ0n) is 8.36. The normalized spacial score (nSPS) is 12.5. The molecule has 1 rings (SSSR count). The molecule has 0 spiro atoms. The van der Waals surface area contributed by atoms with Crippen molar-refractivity contribution in [2.45, 2.75) is 13.0 Å². The molecule has 1 nitrogen and oxygen atoms in total. The van der Waals surface area contributed by atoms with Crippen molar-refractivity contribution in [3.63, 3.8) is 0 Å². The molecular weight excluding hydrogens is 264 g/mol. The molecule has 0 radical (unpaired) electrons. The van der Waals surface area contributed by atoms with Gasteiger partial charge in [0.15, 0.2) is 0 Å². The molecule has 15 heavy (non-hydrogen) atoms. The number of hydrogen-bond donors (Lipinski definition) is 1. The fraction of sp³-hybridized carbons (Fsp3) is 0.273.